The second-order valence-electron chi connectivity index (χ2n) is 4.63. The van der Waals surface area contributed by atoms with Gasteiger partial charge in [-0.25, -0.2) is 4.79 Å². The van der Waals surface area contributed by atoms with Crippen molar-refractivity contribution in [2.75, 3.05) is 13.1 Å². The predicted molar refractivity (Wildman–Crippen MR) is 73.8 cm³/mol. The number of halogens is 1. The van der Waals surface area contributed by atoms with Gasteiger partial charge in [-0.3, -0.25) is 0 Å². The molecule has 1 fully saturated rings. The number of benzene rings is 1. The van der Waals surface area contributed by atoms with E-state index in [-0.39, 0.29) is 12.1 Å². The number of likely N-dealkylation sites (tertiary alicyclic amines) is 1. The summed E-state index contributed by atoms with van der Waals surface area (Å²) in [4.78, 5) is 14.0. The van der Waals surface area contributed by atoms with E-state index in [0.717, 1.165) is 37.4 Å². The lowest BCUT2D eigenvalue weighted by molar-refractivity contribution is 0.193. The lowest BCUT2D eigenvalue weighted by Gasteiger charge is -2.25. The number of nitrogens with one attached hydrogen (secondary N) is 1. The Kier molecular flexibility index (Phi) is 4.48. The van der Waals surface area contributed by atoms with Crippen LogP contribution in [0.1, 0.15) is 37.8 Å². The highest BCUT2D eigenvalue weighted by atomic mass is 35.5. The van der Waals surface area contributed by atoms with Crippen LogP contribution in [0.15, 0.2) is 24.3 Å². The Balaban J connectivity index is 2.07. The maximum Gasteiger partial charge on any atom is 0.317 e. The summed E-state index contributed by atoms with van der Waals surface area (Å²) >= 11 is 5.89. The number of amides is 2. The van der Waals surface area contributed by atoms with Crippen LogP contribution in [0.2, 0.25) is 5.02 Å². The van der Waals surface area contributed by atoms with Gasteiger partial charge in [-0.2, -0.15) is 0 Å². The van der Waals surface area contributed by atoms with Gasteiger partial charge in [-0.15, -0.1) is 0 Å². The highest BCUT2D eigenvalue weighted by Gasteiger charge is 2.29. The second-order valence-corrected chi connectivity index (χ2v) is 5.07. The minimum Gasteiger partial charge on any atom is -0.338 e. The first-order valence-electron chi connectivity index (χ1n) is 6.52. The van der Waals surface area contributed by atoms with Crippen molar-refractivity contribution >= 4 is 17.6 Å². The molecule has 1 atom stereocenters. The lowest BCUT2D eigenvalue weighted by atomic mass is 10.1. The van der Waals surface area contributed by atoms with Crippen LogP contribution in [0.3, 0.4) is 0 Å². The predicted octanol–water partition coefficient (Wildman–Crippen LogP) is 3.60. The first kappa shape index (κ1) is 13.2. The maximum absolute atomic E-state index is 12.0. The van der Waals surface area contributed by atoms with E-state index in [9.17, 15) is 4.79 Å². The molecule has 0 radical (unpaired) electrons. The summed E-state index contributed by atoms with van der Waals surface area (Å²) in [5.41, 5.74) is 1.17. The van der Waals surface area contributed by atoms with Crippen molar-refractivity contribution in [3.63, 3.8) is 0 Å². The van der Waals surface area contributed by atoms with Gasteiger partial charge in [0.15, 0.2) is 0 Å². The molecule has 0 spiro atoms. The third-order valence-corrected chi connectivity index (χ3v) is 3.55. The SMILES string of the molecule is CCCNC(=O)N1CCC[C@@H]1c1ccc(Cl)cc1. The second kappa shape index (κ2) is 6.10. The maximum atomic E-state index is 12.0. The smallest absolute Gasteiger partial charge is 0.317 e. The van der Waals surface area contributed by atoms with Crippen LogP contribution < -0.4 is 5.32 Å². The monoisotopic (exact) mass is 266 g/mol. The molecule has 0 saturated carbocycles. The minimum absolute atomic E-state index is 0.0503. The summed E-state index contributed by atoms with van der Waals surface area (Å²) in [6, 6.07) is 8.04. The van der Waals surface area contributed by atoms with E-state index >= 15 is 0 Å². The number of nitrogens with zero attached hydrogens (tertiary/aromatic N) is 1. The van der Waals surface area contributed by atoms with Crippen LogP contribution >= 0.6 is 11.6 Å². The zero-order chi connectivity index (χ0) is 13.0. The average Bonchev–Trinajstić information content (AvgIpc) is 2.86. The van der Waals surface area contributed by atoms with Crippen LogP contribution in [0, 0.1) is 0 Å². The molecule has 1 aliphatic rings. The van der Waals surface area contributed by atoms with E-state index in [1.54, 1.807) is 0 Å². The summed E-state index contributed by atoms with van der Waals surface area (Å²) in [7, 11) is 0. The molecule has 0 aliphatic carbocycles. The van der Waals surface area contributed by atoms with Crippen molar-refractivity contribution in [1.82, 2.24) is 10.2 Å². The number of urea groups is 1. The Labute approximate surface area is 113 Å². The van der Waals surface area contributed by atoms with Crippen molar-refractivity contribution in [1.29, 1.82) is 0 Å². The van der Waals surface area contributed by atoms with Gasteiger partial charge >= 0.3 is 6.03 Å². The first-order valence-corrected chi connectivity index (χ1v) is 6.90. The quantitative estimate of drug-likeness (QED) is 0.891. The normalized spacial score (nSPS) is 19.0. The fourth-order valence-electron chi connectivity index (χ4n) is 2.37. The molecule has 1 aromatic carbocycles. The zero-order valence-corrected chi connectivity index (χ0v) is 11.4. The summed E-state index contributed by atoms with van der Waals surface area (Å²) in [5, 5.41) is 3.68. The van der Waals surface area contributed by atoms with Crippen molar-refractivity contribution in [3.8, 4) is 0 Å². The Hall–Kier alpha value is -1.22. The molecule has 3 nitrogen and oxygen atoms in total. The summed E-state index contributed by atoms with van der Waals surface area (Å²) < 4.78 is 0. The summed E-state index contributed by atoms with van der Waals surface area (Å²) in [6.45, 7) is 3.63. The molecule has 18 heavy (non-hydrogen) atoms. The van der Waals surface area contributed by atoms with E-state index < -0.39 is 0 Å². The Bertz CT molecular complexity index is 405. The zero-order valence-electron chi connectivity index (χ0n) is 10.7. The highest BCUT2D eigenvalue weighted by molar-refractivity contribution is 6.30. The molecular weight excluding hydrogens is 248 g/mol. The van der Waals surface area contributed by atoms with Crippen molar-refractivity contribution in [3.05, 3.63) is 34.9 Å². The minimum atomic E-state index is 0.0503. The molecule has 1 heterocycles. The van der Waals surface area contributed by atoms with Crippen LogP contribution in [0.4, 0.5) is 4.79 Å². The van der Waals surface area contributed by atoms with Crippen molar-refractivity contribution in [2.45, 2.75) is 32.2 Å². The van der Waals surface area contributed by atoms with Gasteiger partial charge in [0, 0.05) is 18.1 Å². The fraction of sp³-hybridized carbons (Fsp3) is 0.500. The molecule has 2 rings (SSSR count). The van der Waals surface area contributed by atoms with Gasteiger partial charge in [0.25, 0.3) is 0 Å². The van der Waals surface area contributed by atoms with E-state index in [1.165, 1.54) is 5.56 Å². The summed E-state index contributed by atoms with van der Waals surface area (Å²) in [5.74, 6) is 0. The van der Waals surface area contributed by atoms with Crippen LogP contribution in [0.5, 0.6) is 0 Å². The molecule has 1 aliphatic heterocycles. The first-order chi connectivity index (χ1) is 8.72. The number of rotatable bonds is 3. The summed E-state index contributed by atoms with van der Waals surface area (Å²) in [6.07, 6.45) is 3.05. The van der Waals surface area contributed by atoms with Gasteiger partial charge in [-0.05, 0) is 37.0 Å². The number of carbonyl (C=O) groups excluding carboxylic acids is 1. The van der Waals surface area contributed by atoms with Crippen molar-refractivity contribution < 1.29 is 4.79 Å². The molecule has 0 bridgehead atoms. The lowest BCUT2D eigenvalue weighted by Crippen LogP contribution is -2.39. The fourth-order valence-corrected chi connectivity index (χ4v) is 2.50. The number of hydrogen-bond acceptors (Lipinski definition) is 1. The highest BCUT2D eigenvalue weighted by Crippen LogP contribution is 2.32. The van der Waals surface area contributed by atoms with Gasteiger partial charge in [0.2, 0.25) is 0 Å². The Morgan fingerprint density at radius 1 is 1.44 bits per heavy atom. The molecule has 1 saturated heterocycles. The molecule has 2 amide bonds. The topological polar surface area (TPSA) is 32.3 Å². The molecular formula is C14H19ClN2O. The van der Waals surface area contributed by atoms with E-state index in [0.29, 0.717) is 0 Å². The molecule has 4 heteroatoms. The van der Waals surface area contributed by atoms with Gasteiger partial charge in [-0.1, -0.05) is 30.7 Å². The number of hydrogen-bond donors (Lipinski definition) is 1. The molecule has 0 unspecified atom stereocenters. The largest absolute Gasteiger partial charge is 0.338 e. The third kappa shape index (κ3) is 2.96. The van der Waals surface area contributed by atoms with Crippen molar-refractivity contribution in [2.24, 2.45) is 0 Å². The van der Waals surface area contributed by atoms with Crippen LogP contribution in [-0.2, 0) is 0 Å². The number of carbonyl (C=O) groups is 1. The van der Waals surface area contributed by atoms with E-state index in [2.05, 4.69) is 12.2 Å². The Morgan fingerprint density at radius 3 is 2.83 bits per heavy atom. The molecule has 1 aromatic rings. The Morgan fingerprint density at radius 2 is 2.17 bits per heavy atom. The molecule has 1 N–H and O–H groups in total. The van der Waals surface area contributed by atoms with Gasteiger partial charge < -0.3 is 10.2 Å². The molecule has 0 aromatic heterocycles. The van der Waals surface area contributed by atoms with Crippen LogP contribution in [-0.4, -0.2) is 24.0 Å². The van der Waals surface area contributed by atoms with Gasteiger partial charge in [0.05, 0.1) is 6.04 Å². The standard InChI is InChI=1S/C14H19ClN2O/c1-2-9-16-14(18)17-10-3-4-13(17)11-5-7-12(15)8-6-11/h5-8,13H,2-4,9-10H2,1H3,(H,16,18)/t13-/m1/s1. The van der Waals surface area contributed by atoms with Crippen LogP contribution in [0.25, 0.3) is 0 Å². The molecule has 98 valence electrons. The van der Waals surface area contributed by atoms with Gasteiger partial charge in [0.1, 0.15) is 0 Å². The third-order valence-electron chi connectivity index (χ3n) is 3.29. The van der Waals surface area contributed by atoms with E-state index in [1.807, 2.05) is 29.2 Å². The average molecular weight is 267 g/mol. The van der Waals surface area contributed by atoms with E-state index in [4.69, 9.17) is 11.6 Å².